The molecule has 7 heteroatoms. The summed E-state index contributed by atoms with van der Waals surface area (Å²) in [6.45, 7) is 4.16. The Hall–Kier alpha value is -2.96. The Labute approximate surface area is 144 Å². The number of carbonyl (C=O) groups is 2. The lowest BCUT2D eigenvalue weighted by molar-refractivity contribution is -0.146. The molecule has 25 heavy (non-hydrogen) atoms. The van der Waals surface area contributed by atoms with Crippen LogP contribution in [0.5, 0.6) is 0 Å². The minimum atomic E-state index is -0.636. The highest BCUT2D eigenvalue weighted by atomic mass is 16.6. The van der Waals surface area contributed by atoms with Gasteiger partial charge in [-0.3, -0.25) is 9.59 Å². The van der Waals surface area contributed by atoms with Crippen molar-refractivity contribution in [2.75, 3.05) is 0 Å². The smallest absolute Gasteiger partial charge is 0.312 e. The average molecular weight is 338 g/mol. The van der Waals surface area contributed by atoms with Crippen LogP contribution in [-0.4, -0.2) is 32.7 Å². The van der Waals surface area contributed by atoms with Crippen molar-refractivity contribution in [3.8, 4) is 0 Å². The van der Waals surface area contributed by atoms with E-state index in [-0.39, 0.29) is 18.0 Å². The molecule has 1 aliphatic carbocycles. The Balaban J connectivity index is 1.86. The number of nitrogens with two attached hydrogens (primary N) is 1. The number of nitrogens with zero attached hydrogens (tertiary/aromatic N) is 3. The third kappa shape index (κ3) is 2.34. The van der Waals surface area contributed by atoms with Crippen molar-refractivity contribution in [2.45, 2.75) is 32.4 Å². The molecule has 7 nitrogen and oxygen atoms in total. The minimum Gasteiger partial charge on any atom is -0.457 e. The molecule has 2 aromatic rings. The van der Waals surface area contributed by atoms with Gasteiger partial charge in [0, 0.05) is 11.5 Å². The Morgan fingerprint density at radius 2 is 2.20 bits per heavy atom. The lowest BCUT2D eigenvalue weighted by Gasteiger charge is -2.29. The van der Waals surface area contributed by atoms with Crippen LogP contribution in [0.4, 0.5) is 0 Å². The summed E-state index contributed by atoms with van der Waals surface area (Å²) in [4.78, 5) is 28.1. The SMILES string of the molecule is CC1(C)C(=O)OC2C=Cc3cc(C(N)=O)c(Cn4cncn4)cc3C21. The number of rotatable bonds is 3. The van der Waals surface area contributed by atoms with Gasteiger partial charge in [0.05, 0.1) is 12.0 Å². The van der Waals surface area contributed by atoms with Gasteiger partial charge >= 0.3 is 5.97 Å². The third-order valence-corrected chi connectivity index (χ3v) is 5.05. The summed E-state index contributed by atoms with van der Waals surface area (Å²) in [5.74, 6) is -0.806. The number of amides is 1. The topological polar surface area (TPSA) is 100 Å². The van der Waals surface area contributed by atoms with Gasteiger partial charge < -0.3 is 10.5 Å². The molecule has 1 aliphatic heterocycles. The van der Waals surface area contributed by atoms with Crippen molar-refractivity contribution in [3.63, 3.8) is 0 Å². The summed E-state index contributed by atoms with van der Waals surface area (Å²) >= 11 is 0. The Morgan fingerprint density at radius 3 is 2.88 bits per heavy atom. The summed E-state index contributed by atoms with van der Waals surface area (Å²) in [5.41, 5.74) is 8.01. The van der Waals surface area contributed by atoms with Crippen LogP contribution in [0.1, 0.15) is 46.8 Å². The second-order valence-corrected chi connectivity index (χ2v) is 7.02. The first-order valence-electron chi connectivity index (χ1n) is 8.06. The van der Waals surface area contributed by atoms with Gasteiger partial charge in [0.1, 0.15) is 18.8 Å². The van der Waals surface area contributed by atoms with Crippen LogP contribution in [0, 0.1) is 5.41 Å². The maximum atomic E-state index is 12.2. The molecule has 2 unspecified atom stereocenters. The molecule has 0 bridgehead atoms. The minimum absolute atomic E-state index is 0.101. The zero-order chi connectivity index (χ0) is 17.8. The van der Waals surface area contributed by atoms with Gasteiger partial charge in [-0.05, 0) is 42.7 Å². The van der Waals surface area contributed by atoms with Crippen LogP contribution < -0.4 is 5.73 Å². The van der Waals surface area contributed by atoms with Crippen LogP contribution in [0.25, 0.3) is 6.08 Å². The molecule has 2 N–H and O–H groups in total. The molecule has 0 saturated carbocycles. The molecule has 2 aliphatic rings. The van der Waals surface area contributed by atoms with Crippen molar-refractivity contribution in [1.29, 1.82) is 0 Å². The first-order chi connectivity index (χ1) is 11.9. The van der Waals surface area contributed by atoms with Crippen LogP contribution >= 0.6 is 0 Å². The monoisotopic (exact) mass is 338 g/mol. The number of hydrogen-bond acceptors (Lipinski definition) is 5. The Bertz CT molecular complexity index is 899. The number of esters is 1. The van der Waals surface area contributed by atoms with Crippen LogP contribution in [0.2, 0.25) is 0 Å². The molecule has 1 aromatic heterocycles. The van der Waals surface area contributed by atoms with Gasteiger partial charge in [0.2, 0.25) is 5.91 Å². The highest BCUT2D eigenvalue weighted by Crippen LogP contribution is 2.50. The highest BCUT2D eigenvalue weighted by Gasteiger charge is 2.52. The summed E-state index contributed by atoms with van der Waals surface area (Å²) in [5, 5.41) is 4.09. The van der Waals surface area contributed by atoms with E-state index in [9.17, 15) is 9.59 Å². The second kappa shape index (κ2) is 5.27. The standard InChI is InChI=1S/C18H18N4O3/c1-18(2)15-12-6-11(7-22-9-20-8-21-22)13(16(19)23)5-10(12)3-4-14(15)25-17(18)24/h3-6,8-9,14-15H,7H2,1-2H3,(H2,19,23). The maximum absolute atomic E-state index is 12.2. The lowest BCUT2D eigenvalue weighted by atomic mass is 9.70. The summed E-state index contributed by atoms with van der Waals surface area (Å²) < 4.78 is 7.15. The first-order valence-corrected chi connectivity index (χ1v) is 8.06. The number of aromatic nitrogens is 3. The van der Waals surface area contributed by atoms with Gasteiger partial charge in [-0.25, -0.2) is 9.67 Å². The molecule has 1 aromatic carbocycles. The molecule has 0 radical (unpaired) electrons. The van der Waals surface area contributed by atoms with Gasteiger partial charge in [-0.15, -0.1) is 0 Å². The van der Waals surface area contributed by atoms with Crippen molar-refractivity contribution >= 4 is 18.0 Å². The van der Waals surface area contributed by atoms with E-state index in [1.165, 1.54) is 6.33 Å². The fourth-order valence-corrected chi connectivity index (χ4v) is 3.74. The normalized spacial score (nSPS) is 23.0. The van der Waals surface area contributed by atoms with E-state index in [1.54, 1.807) is 17.1 Å². The number of hydrogen-bond donors (Lipinski definition) is 1. The fourth-order valence-electron chi connectivity index (χ4n) is 3.74. The van der Waals surface area contributed by atoms with E-state index >= 15 is 0 Å². The zero-order valence-electron chi connectivity index (χ0n) is 14.0. The molecule has 0 spiro atoms. The van der Waals surface area contributed by atoms with Gasteiger partial charge in [-0.2, -0.15) is 5.10 Å². The predicted molar refractivity (Wildman–Crippen MR) is 89.5 cm³/mol. The second-order valence-electron chi connectivity index (χ2n) is 7.02. The number of ether oxygens (including phenoxy) is 1. The van der Waals surface area contributed by atoms with Crippen LogP contribution in [0.3, 0.4) is 0 Å². The molecule has 2 atom stereocenters. The molecule has 1 amide bonds. The average Bonchev–Trinajstić information content (AvgIpc) is 3.13. The van der Waals surface area contributed by atoms with Gasteiger partial charge in [-0.1, -0.05) is 12.1 Å². The fraction of sp³-hybridized carbons (Fsp3) is 0.333. The quantitative estimate of drug-likeness (QED) is 0.855. The summed E-state index contributed by atoms with van der Waals surface area (Å²) in [6, 6.07) is 3.73. The van der Waals surface area contributed by atoms with E-state index in [0.717, 1.165) is 16.7 Å². The largest absolute Gasteiger partial charge is 0.457 e. The van der Waals surface area contributed by atoms with Crippen LogP contribution in [-0.2, 0) is 16.1 Å². The molecule has 1 fully saturated rings. The van der Waals surface area contributed by atoms with E-state index in [4.69, 9.17) is 10.5 Å². The Morgan fingerprint density at radius 1 is 1.40 bits per heavy atom. The Kier molecular flexibility index (Phi) is 3.28. The molecular formula is C18H18N4O3. The van der Waals surface area contributed by atoms with E-state index < -0.39 is 11.3 Å². The molecular weight excluding hydrogens is 320 g/mol. The first kappa shape index (κ1) is 15.6. The predicted octanol–water partition coefficient (Wildman–Crippen LogP) is 1.49. The highest BCUT2D eigenvalue weighted by molar-refractivity contribution is 5.95. The number of benzene rings is 1. The van der Waals surface area contributed by atoms with Gasteiger partial charge in [0.15, 0.2) is 0 Å². The molecule has 2 heterocycles. The molecule has 1 saturated heterocycles. The van der Waals surface area contributed by atoms with E-state index in [2.05, 4.69) is 10.1 Å². The number of carbonyl (C=O) groups excluding carboxylic acids is 2. The summed E-state index contributed by atoms with van der Waals surface area (Å²) in [6.07, 6.45) is 6.50. The van der Waals surface area contributed by atoms with Crippen LogP contribution in [0.15, 0.2) is 30.9 Å². The molecule has 4 rings (SSSR count). The van der Waals surface area contributed by atoms with E-state index in [0.29, 0.717) is 12.1 Å². The number of fused-ring (bicyclic) bond motifs is 3. The van der Waals surface area contributed by atoms with Crippen molar-refractivity contribution < 1.29 is 14.3 Å². The van der Waals surface area contributed by atoms with Crippen molar-refractivity contribution in [2.24, 2.45) is 11.1 Å². The maximum Gasteiger partial charge on any atom is 0.312 e. The number of primary amides is 1. The van der Waals surface area contributed by atoms with Crippen molar-refractivity contribution in [1.82, 2.24) is 14.8 Å². The summed E-state index contributed by atoms with van der Waals surface area (Å²) in [7, 11) is 0. The lowest BCUT2D eigenvalue weighted by Crippen LogP contribution is -2.29. The molecule has 128 valence electrons. The third-order valence-electron chi connectivity index (χ3n) is 5.05. The zero-order valence-corrected chi connectivity index (χ0v) is 14.0. The van der Waals surface area contributed by atoms with E-state index in [1.807, 2.05) is 32.1 Å². The van der Waals surface area contributed by atoms with Gasteiger partial charge in [0.25, 0.3) is 0 Å². The van der Waals surface area contributed by atoms with Crippen molar-refractivity contribution in [3.05, 3.63) is 53.1 Å².